The number of aromatic nitrogens is 4. The van der Waals surface area contributed by atoms with E-state index in [1.54, 1.807) is 17.9 Å². The lowest BCUT2D eigenvalue weighted by Crippen LogP contribution is -2.29. The predicted molar refractivity (Wildman–Crippen MR) is 95.8 cm³/mol. The molecule has 0 spiro atoms. The number of fused-ring (bicyclic) bond motifs is 1. The molecule has 1 aliphatic carbocycles. The summed E-state index contributed by atoms with van der Waals surface area (Å²) >= 11 is 0. The maximum Gasteiger partial charge on any atom is 0.271 e. The molecule has 8 heteroatoms. The van der Waals surface area contributed by atoms with E-state index in [4.69, 9.17) is 0 Å². The second-order valence-electron chi connectivity index (χ2n) is 6.65. The number of H-pyrrole nitrogens is 1. The molecule has 0 aromatic carbocycles. The van der Waals surface area contributed by atoms with E-state index in [1.165, 1.54) is 6.07 Å². The van der Waals surface area contributed by atoms with Crippen LogP contribution >= 0.6 is 0 Å². The first-order valence-electron chi connectivity index (χ1n) is 8.58. The van der Waals surface area contributed by atoms with Gasteiger partial charge in [0.2, 0.25) is 0 Å². The molecule has 3 aromatic rings. The van der Waals surface area contributed by atoms with Crippen LogP contribution in [0.1, 0.15) is 39.9 Å². The zero-order valence-electron chi connectivity index (χ0n) is 14.6. The van der Waals surface area contributed by atoms with E-state index in [9.17, 15) is 9.59 Å². The fourth-order valence-corrected chi connectivity index (χ4v) is 3.04. The Balaban J connectivity index is 1.69. The van der Waals surface area contributed by atoms with Crippen molar-refractivity contribution in [3.8, 4) is 0 Å². The fourth-order valence-electron chi connectivity index (χ4n) is 3.04. The molecule has 26 heavy (non-hydrogen) atoms. The van der Waals surface area contributed by atoms with Crippen molar-refractivity contribution in [1.82, 2.24) is 30.4 Å². The van der Waals surface area contributed by atoms with E-state index < -0.39 is 0 Å². The lowest BCUT2D eigenvalue weighted by atomic mass is 10.2. The highest BCUT2D eigenvalue weighted by atomic mass is 16.2. The van der Waals surface area contributed by atoms with Gasteiger partial charge < -0.3 is 15.6 Å². The summed E-state index contributed by atoms with van der Waals surface area (Å²) in [7, 11) is 1.54. The van der Waals surface area contributed by atoms with E-state index in [0.717, 1.165) is 23.0 Å². The van der Waals surface area contributed by atoms with Gasteiger partial charge in [0.25, 0.3) is 11.8 Å². The van der Waals surface area contributed by atoms with Gasteiger partial charge in [-0.15, -0.1) is 0 Å². The van der Waals surface area contributed by atoms with Gasteiger partial charge >= 0.3 is 0 Å². The van der Waals surface area contributed by atoms with E-state index in [2.05, 4.69) is 32.6 Å². The molecular weight excluding hydrogens is 332 g/mol. The molecule has 1 fully saturated rings. The number of aromatic amines is 1. The number of rotatable bonds is 5. The summed E-state index contributed by atoms with van der Waals surface area (Å²) in [5.41, 5.74) is 2.35. The van der Waals surface area contributed by atoms with Crippen LogP contribution in [0.4, 0.5) is 0 Å². The van der Waals surface area contributed by atoms with Crippen molar-refractivity contribution in [1.29, 1.82) is 0 Å². The first kappa shape index (κ1) is 16.3. The van der Waals surface area contributed by atoms with Crippen LogP contribution in [0.3, 0.4) is 0 Å². The number of hydrogen-bond donors (Lipinski definition) is 3. The van der Waals surface area contributed by atoms with Crippen LogP contribution in [0.2, 0.25) is 0 Å². The van der Waals surface area contributed by atoms with E-state index >= 15 is 0 Å². The van der Waals surface area contributed by atoms with Crippen molar-refractivity contribution in [2.24, 2.45) is 5.92 Å². The third-order valence-corrected chi connectivity index (χ3v) is 4.77. The van der Waals surface area contributed by atoms with Crippen LogP contribution in [0, 0.1) is 5.92 Å². The number of pyridine rings is 1. The molecule has 2 atom stereocenters. The third-order valence-electron chi connectivity index (χ3n) is 4.77. The van der Waals surface area contributed by atoms with Gasteiger partial charge in [-0.1, -0.05) is 6.92 Å². The minimum atomic E-state index is -0.320. The predicted octanol–water partition coefficient (Wildman–Crippen LogP) is 1.31. The van der Waals surface area contributed by atoms with Crippen molar-refractivity contribution in [2.45, 2.75) is 25.9 Å². The molecule has 8 nitrogen and oxygen atoms in total. The summed E-state index contributed by atoms with van der Waals surface area (Å²) in [6.07, 6.45) is 4.52. The topological polar surface area (TPSA) is 105 Å². The van der Waals surface area contributed by atoms with Gasteiger partial charge in [0.15, 0.2) is 5.69 Å². The zero-order chi connectivity index (χ0) is 18.3. The molecule has 0 bridgehead atoms. The van der Waals surface area contributed by atoms with Gasteiger partial charge in [0.05, 0.1) is 6.54 Å². The Morgan fingerprint density at radius 3 is 2.88 bits per heavy atom. The van der Waals surface area contributed by atoms with Crippen LogP contribution in [0.15, 0.2) is 30.6 Å². The van der Waals surface area contributed by atoms with Gasteiger partial charge in [0.1, 0.15) is 11.3 Å². The van der Waals surface area contributed by atoms with Crippen LogP contribution < -0.4 is 10.6 Å². The molecule has 1 saturated carbocycles. The monoisotopic (exact) mass is 352 g/mol. The lowest BCUT2D eigenvalue weighted by Gasteiger charge is -2.09. The van der Waals surface area contributed by atoms with E-state index in [1.807, 2.05) is 18.3 Å². The Morgan fingerprint density at radius 1 is 1.35 bits per heavy atom. The minimum Gasteiger partial charge on any atom is -0.354 e. The fraction of sp³-hybridized carbons (Fsp3) is 0.333. The third kappa shape index (κ3) is 2.94. The number of nitrogens with one attached hydrogen (secondary N) is 3. The second-order valence-corrected chi connectivity index (χ2v) is 6.65. The Hall–Kier alpha value is -3.16. The average Bonchev–Trinajstić information content (AvgIpc) is 3.06. The summed E-state index contributed by atoms with van der Waals surface area (Å²) in [5, 5.41) is 10.9. The second kappa shape index (κ2) is 6.29. The summed E-state index contributed by atoms with van der Waals surface area (Å²) in [6.45, 7) is 2.47. The normalized spacial score (nSPS) is 18.7. The molecule has 0 saturated heterocycles. The molecular formula is C18H20N6O2. The highest BCUT2D eigenvalue weighted by Crippen LogP contribution is 2.29. The number of nitrogens with zero attached hydrogens (tertiary/aromatic N) is 3. The van der Waals surface area contributed by atoms with Crippen LogP contribution in [0.25, 0.3) is 11.0 Å². The molecule has 1 aliphatic rings. The summed E-state index contributed by atoms with van der Waals surface area (Å²) in [5.74, 6) is -0.0334. The first-order valence-corrected chi connectivity index (χ1v) is 8.58. The van der Waals surface area contributed by atoms with E-state index in [-0.39, 0.29) is 23.6 Å². The van der Waals surface area contributed by atoms with Gasteiger partial charge in [-0.05, 0) is 30.0 Å². The van der Waals surface area contributed by atoms with Gasteiger partial charge in [-0.25, -0.2) is 4.98 Å². The average molecular weight is 352 g/mol. The highest BCUT2D eigenvalue weighted by molar-refractivity contribution is 5.98. The molecule has 3 aromatic heterocycles. The SMILES string of the molecule is CNC(=O)c1cc(C(=O)N[C@H]2C[C@@H]2C)n(Cc2ccnc3[nH]ccc23)n1. The first-order chi connectivity index (χ1) is 12.6. The Labute approximate surface area is 150 Å². The summed E-state index contributed by atoms with van der Waals surface area (Å²) < 4.78 is 1.58. The smallest absolute Gasteiger partial charge is 0.271 e. The molecule has 0 aliphatic heterocycles. The molecule has 134 valence electrons. The van der Waals surface area contributed by atoms with Gasteiger partial charge in [-0.2, -0.15) is 5.10 Å². The lowest BCUT2D eigenvalue weighted by molar-refractivity contribution is 0.0936. The molecule has 3 N–H and O–H groups in total. The number of amides is 2. The molecule has 0 radical (unpaired) electrons. The Morgan fingerprint density at radius 2 is 2.15 bits per heavy atom. The van der Waals surface area contributed by atoms with Crippen molar-refractivity contribution >= 4 is 22.8 Å². The van der Waals surface area contributed by atoms with Crippen LogP contribution in [-0.2, 0) is 6.54 Å². The molecule has 2 amide bonds. The molecule has 3 heterocycles. The number of carbonyl (C=O) groups is 2. The van der Waals surface area contributed by atoms with Crippen molar-refractivity contribution in [3.63, 3.8) is 0 Å². The maximum atomic E-state index is 12.7. The van der Waals surface area contributed by atoms with E-state index in [0.29, 0.717) is 18.2 Å². The van der Waals surface area contributed by atoms with Crippen LogP contribution in [-0.4, -0.2) is 44.7 Å². The largest absolute Gasteiger partial charge is 0.354 e. The van der Waals surface area contributed by atoms with Gasteiger partial charge in [0, 0.05) is 36.9 Å². The Bertz CT molecular complexity index is 989. The maximum absolute atomic E-state index is 12.7. The van der Waals surface area contributed by atoms with Crippen molar-refractivity contribution in [3.05, 3.63) is 47.5 Å². The number of hydrogen-bond acceptors (Lipinski definition) is 4. The molecule has 4 rings (SSSR count). The summed E-state index contributed by atoms with van der Waals surface area (Å²) in [4.78, 5) is 32.0. The standard InChI is InChI=1S/C18H20N6O2/c1-10-7-13(10)22-18(26)15-8-14(17(25)19-2)23-24(15)9-11-3-5-20-16-12(11)4-6-21-16/h3-6,8,10,13H,7,9H2,1-2H3,(H,19,25)(H,20,21)(H,22,26)/t10-,13-/m0/s1. The van der Waals surface area contributed by atoms with Crippen LogP contribution in [0.5, 0.6) is 0 Å². The zero-order valence-corrected chi connectivity index (χ0v) is 14.6. The quantitative estimate of drug-likeness (QED) is 0.644. The highest BCUT2D eigenvalue weighted by Gasteiger charge is 2.35. The van der Waals surface area contributed by atoms with Gasteiger partial charge in [-0.3, -0.25) is 14.3 Å². The van der Waals surface area contributed by atoms with Crippen molar-refractivity contribution < 1.29 is 9.59 Å². The van der Waals surface area contributed by atoms with Crippen molar-refractivity contribution in [2.75, 3.05) is 7.05 Å². The Kier molecular flexibility index (Phi) is 3.95. The minimum absolute atomic E-state index is 0.201. The molecule has 0 unspecified atom stereocenters. The summed E-state index contributed by atoms with van der Waals surface area (Å²) in [6, 6.07) is 5.57. The number of carbonyl (C=O) groups excluding carboxylic acids is 2.